The molecule has 2 unspecified atom stereocenters. The van der Waals surface area contributed by atoms with Gasteiger partial charge in [0.25, 0.3) is 0 Å². The van der Waals surface area contributed by atoms with Gasteiger partial charge in [-0.15, -0.1) is 0 Å². The van der Waals surface area contributed by atoms with Gasteiger partial charge in [0.1, 0.15) is 0 Å². The molecule has 2 N–H and O–H groups in total. The van der Waals surface area contributed by atoms with Gasteiger partial charge >= 0.3 is 0 Å². The molecule has 0 aliphatic carbocycles. The van der Waals surface area contributed by atoms with Crippen LogP contribution in [0, 0.1) is 5.92 Å². The van der Waals surface area contributed by atoms with Crippen LogP contribution in [0.15, 0.2) is 24.3 Å². The van der Waals surface area contributed by atoms with Gasteiger partial charge in [0.15, 0.2) is 0 Å². The number of halogens is 1. The van der Waals surface area contributed by atoms with Crippen LogP contribution in [-0.2, 0) is 6.54 Å². The first-order valence-corrected chi connectivity index (χ1v) is 6.77. The number of nitrogens with two attached hydrogens (primary N) is 1. The summed E-state index contributed by atoms with van der Waals surface area (Å²) in [6.45, 7) is 5.38. The molecule has 1 aliphatic rings. The third-order valence-corrected chi connectivity index (χ3v) is 3.75. The van der Waals surface area contributed by atoms with Gasteiger partial charge < -0.3 is 5.73 Å². The van der Waals surface area contributed by atoms with E-state index in [1.54, 1.807) is 0 Å². The summed E-state index contributed by atoms with van der Waals surface area (Å²) in [4.78, 5) is 2.45. The summed E-state index contributed by atoms with van der Waals surface area (Å²) in [5, 5.41) is 0.816. The molecule has 2 nitrogen and oxygen atoms in total. The Balaban J connectivity index is 1.98. The molecule has 0 amide bonds. The van der Waals surface area contributed by atoms with Crippen molar-refractivity contribution in [1.29, 1.82) is 0 Å². The maximum atomic E-state index is 6.11. The van der Waals surface area contributed by atoms with Crippen LogP contribution in [0.3, 0.4) is 0 Å². The molecule has 0 saturated carbocycles. The van der Waals surface area contributed by atoms with Crippen LogP contribution in [0.2, 0.25) is 5.02 Å². The monoisotopic (exact) mass is 252 g/mol. The predicted octanol–water partition coefficient (Wildman–Crippen LogP) is 2.90. The summed E-state index contributed by atoms with van der Waals surface area (Å²) in [7, 11) is 0. The highest BCUT2D eigenvalue weighted by Crippen LogP contribution is 2.21. The standard InChI is InChI=1S/C14H21ClN2/c1-2-11-7-14(16)10-17(8-11)9-12-4-3-5-13(15)6-12/h3-6,11,14H,2,7-10,16H2,1H3. The molecule has 2 atom stereocenters. The van der Waals surface area contributed by atoms with Crippen molar-refractivity contribution in [1.82, 2.24) is 4.90 Å². The highest BCUT2D eigenvalue weighted by Gasteiger charge is 2.23. The van der Waals surface area contributed by atoms with Crippen molar-refractivity contribution < 1.29 is 0 Å². The van der Waals surface area contributed by atoms with Crippen LogP contribution in [0.1, 0.15) is 25.3 Å². The number of rotatable bonds is 3. The third-order valence-electron chi connectivity index (χ3n) is 3.52. The molecule has 0 spiro atoms. The smallest absolute Gasteiger partial charge is 0.0409 e. The van der Waals surface area contributed by atoms with E-state index in [1.165, 1.54) is 18.4 Å². The van der Waals surface area contributed by atoms with Crippen molar-refractivity contribution in [3.63, 3.8) is 0 Å². The Morgan fingerprint density at radius 3 is 2.94 bits per heavy atom. The Morgan fingerprint density at radius 1 is 1.41 bits per heavy atom. The topological polar surface area (TPSA) is 29.3 Å². The van der Waals surface area contributed by atoms with Gasteiger partial charge in [-0.2, -0.15) is 0 Å². The van der Waals surface area contributed by atoms with Gasteiger partial charge in [0.2, 0.25) is 0 Å². The fraction of sp³-hybridized carbons (Fsp3) is 0.571. The van der Waals surface area contributed by atoms with Gasteiger partial charge in [-0.3, -0.25) is 4.90 Å². The van der Waals surface area contributed by atoms with E-state index in [4.69, 9.17) is 17.3 Å². The molecule has 1 aromatic rings. The molecule has 2 rings (SSSR count). The molecule has 3 heteroatoms. The molecular formula is C14H21ClN2. The Kier molecular flexibility index (Phi) is 4.43. The minimum atomic E-state index is 0.327. The lowest BCUT2D eigenvalue weighted by atomic mass is 9.92. The lowest BCUT2D eigenvalue weighted by Gasteiger charge is -2.36. The maximum Gasteiger partial charge on any atom is 0.0409 e. The average Bonchev–Trinajstić information content (AvgIpc) is 2.28. The average molecular weight is 253 g/mol. The number of piperidine rings is 1. The van der Waals surface area contributed by atoms with Crippen molar-refractivity contribution in [2.24, 2.45) is 11.7 Å². The third kappa shape index (κ3) is 3.70. The normalized spacial score (nSPS) is 26.1. The van der Waals surface area contributed by atoms with Crippen LogP contribution in [0.5, 0.6) is 0 Å². The molecule has 94 valence electrons. The second-order valence-corrected chi connectivity index (χ2v) is 5.53. The zero-order chi connectivity index (χ0) is 12.3. The summed E-state index contributed by atoms with van der Waals surface area (Å²) in [5.74, 6) is 0.748. The van der Waals surface area contributed by atoms with Crippen LogP contribution >= 0.6 is 11.6 Å². The summed E-state index contributed by atoms with van der Waals surface area (Å²) >= 11 is 6.00. The summed E-state index contributed by atoms with van der Waals surface area (Å²) in [5.41, 5.74) is 7.39. The molecular weight excluding hydrogens is 232 g/mol. The number of hydrogen-bond acceptors (Lipinski definition) is 2. The van der Waals surface area contributed by atoms with Crippen LogP contribution < -0.4 is 5.73 Å². The number of likely N-dealkylation sites (tertiary alicyclic amines) is 1. The van der Waals surface area contributed by atoms with E-state index < -0.39 is 0 Å². The molecule has 17 heavy (non-hydrogen) atoms. The van der Waals surface area contributed by atoms with Crippen molar-refractivity contribution in [2.75, 3.05) is 13.1 Å². The van der Waals surface area contributed by atoms with Crippen molar-refractivity contribution in [3.05, 3.63) is 34.9 Å². The number of benzene rings is 1. The highest BCUT2D eigenvalue weighted by atomic mass is 35.5. The molecule has 0 aromatic heterocycles. The van der Waals surface area contributed by atoms with E-state index >= 15 is 0 Å². The molecule has 0 radical (unpaired) electrons. The summed E-state index contributed by atoms with van der Waals surface area (Å²) in [6, 6.07) is 8.43. The molecule has 1 aliphatic heterocycles. The van der Waals surface area contributed by atoms with Crippen LogP contribution in [0.4, 0.5) is 0 Å². The lowest BCUT2D eigenvalue weighted by molar-refractivity contribution is 0.147. The fourth-order valence-electron chi connectivity index (χ4n) is 2.67. The Bertz CT molecular complexity index is 367. The molecule has 1 aromatic carbocycles. The van der Waals surface area contributed by atoms with Crippen molar-refractivity contribution in [3.8, 4) is 0 Å². The number of nitrogens with zero attached hydrogens (tertiary/aromatic N) is 1. The SMILES string of the molecule is CCC1CC(N)CN(Cc2cccc(Cl)c2)C1. The predicted molar refractivity (Wildman–Crippen MR) is 73.1 cm³/mol. The first kappa shape index (κ1) is 12.9. The molecule has 1 heterocycles. The molecule has 1 fully saturated rings. The minimum Gasteiger partial charge on any atom is -0.327 e. The van der Waals surface area contributed by atoms with E-state index in [-0.39, 0.29) is 0 Å². The Hall–Kier alpha value is -0.570. The Morgan fingerprint density at radius 2 is 2.24 bits per heavy atom. The molecule has 0 bridgehead atoms. The van der Waals surface area contributed by atoms with Crippen molar-refractivity contribution in [2.45, 2.75) is 32.4 Å². The van der Waals surface area contributed by atoms with E-state index in [1.807, 2.05) is 18.2 Å². The van der Waals surface area contributed by atoms with Gasteiger partial charge in [0.05, 0.1) is 0 Å². The van der Waals surface area contributed by atoms with E-state index in [9.17, 15) is 0 Å². The van der Waals surface area contributed by atoms with E-state index in [2.05, 4.69) is 17.9 Å². The fourth-order valence-corrected chi connectivity index (χ4v) is 2.88. The second-order valence-electron chi connectivity index (χ2n) is 5.09. The zero-order valence-corrected chi connectivity index (χ0v) is 11.2. The summed E-state index contributed by atoms with van der Waals surface area (Å²) in [6.07, 6.45) is 2.39. The van der Waals surface area contributed by atoms with E-state index in [0.717, 1.165) is 30.6 Å². The van der Waals surface area contributed by atoms with Crippen LogP contribution in [0.25, 0.3) is 0 Å². The van der Waals surface area contributed by atoms with Gasteiger partial charge in [-0.05, 0) is 30.0 Å². The van der Waals surface area contributed by atoms with Crippen molar-refractivity contribution >= 4 is 11.6 Å². The van der Waals surface area contributed by atoms with E-state index in [0.29, 0.717) is 6.04 Å². The first-order valence-electron chi connectivity index (χ1n) is 6.39. The highest BCUT2D eigenvalue weighted by molar-refractivity contribution is 6.30. The lowest BCUT2D eigenvalue weighted by Crippen LogP contribution is -2.46. The first-order chi connectivity index (χ1) is 8.17. The second kappa shape index (κ2) is 5.85. The minimum absolute atomic E-state index is 0.327. The Labute approximate surface area is 109 Å². The number of hydrogen-bond donors (Lipinski definition) is 1. The summed E-state index contributed by atoms with van der Waals surface area (Å²) < 4.78 is 0. The van der Waals surface area contributed by atoms with Gasteiger partial charge in [-0.25, -0.2) is 0 Å². The quantitative estimate of drug-likeness (QED) is 0.896. The molecule has 1 saturated heterocycles. The largest absolute Gasteiger partial charge is 0.327 e. The maximum absolute atomic E-state index is 6.11. The van der Waals surface area contributed by atoms with Gasteiger partial charge in [0, 0.05) is 30.7 Å². The van der Waals surface area contributed by atoms with Gasteiger partial charge in [-0.1, -0.05) is 37.1 Å². The van der Waals surface area contributed by atoms with Crippen LogP contribution in [-0.4, -0.2) is 24.0 Å². The zero-order valence-electron chi connectivity index (χ0n) is 10.4.